The molecular weight excluding hydrogens is 241 g/mol. The van der Waals surface area contributed by atoms with Gasteiger partial charge >= 0.3 is 0 Å². The molecule has 1 aromatic rings. The molecule has 0 aliphatic carbocycles. The van der Waals surface area contributed by atoms with Crippen LogP contribution in [-0.2, 0) is 10.2 Å². The highest BCUT2D eigenvalue weighted by Crippen LogP contribution is 2.45. The fourth-order valence-corrected chi connectivity index (χ4v) is 3.03. The number of benzene rings is 1. The van der Waals surface area contributed by atoms with Crippen molar-refractivity contribution < 1.29 is 9.13 Å². The predicted octanol–water partition coefficient (Wildman–Crippen LogP) is 3.96. The lowest BCUT2D eigenvalue weighted by molar-refractivity contribution is -0.0957. The minimum atomic E-state index is -0.235. The summed E-state index contributed by atoms with van der Waals surface area (Å²) in [6, 6.07) is 8.89. The Bertz CT molecular complexity index is 479. The maximum absolute atomic E-state index is 13.1. The van der Waals surface area contributed by atoms with E-state index in [1.807, 2.05) is 12.1 Å². The average molecular weight is 261 g/mol. The van der Waals surface area contributed by atoms with Gasteiger partial charge in [-0.15, -0.1) is 0 Å². The van der Waals surface area contributed by atoms with Gasteiger partial charge in [0.25, 0.3) is 0 Å². The molecule has 0 aromatic heterocycles. The summed E-state index contributed by atoms with van der Waals surface area (Å²) in [5, 5.41) is 9.18. The fraction of sp³-hybridized carbons (Fsp3) is 0.562. The Labute approximate surface area is 114 Å². The molecule has 102 valence electrons. The SMILES string of the molecule is CC[C@@]1(C)C[C@@](CC#N)(c2ccc(F)cc2)CCO1. The van der Waals surface area contributed by atoms with E-state index in [0.29, 0.717) is 13.0 Å². The summed E-state index contributed by atoms with van der Waals surface area (Å²) in [6.07, 6.45) is 3.01. The fourth-order valence-electron chi connectivity index (χ4n) is 3.03. The van der Waals surface area contributed by atoms with E-state index in [2.05, 4.69) is 19.9 Å². The number of rotatable bonds is 3. The lowest BCUT2D eigenvalue weighted by Gasteiger charge is -2.45. The average Bonchev–Trinajstić information content (AvgIpc) is 2.40. The van der Waals surface area contributed by atoms with Crippen molar-refractivity contribution in [2.24, 2.45) is 0 Å². The molecular formula is C16H20FNO. The van der Waals surface area contributed by atoms with Crippen LogP contribution < -0.4 is 0 Å². The molecule has 1 heterocycles. The van der Waals surface area contributed by atoms with Crippen LogP contribution in [0, 0.1) is 17.1 Å². The third kappa shape index (κ3) is 2.79. The van der Waals surface area contributed by atoms with Gasteiger partial charge < -0.3 is 4.74 Å². The minimum Gasteiger partial charge on any atom is -0.375 e. The molecule has 3 heteroatoms. The van der Waals surface area contributed by atoms with Crippen molar-refractivity contribution in [1.82, 2.24) is 0 Å². The largest absolute Gasteiger partial charge is 0.375 e. The van der Waals surface area contributed by atoms with E-state index in [1.54, 1.807) is 0 Å². The number of nitrogens with zero attached hydrogens (tertiary/aromatic N) is 1. The van der Waals surface area contributed by atoms with Crippen LogP contribution in [0.25, 0.3) is 0 Å². The Morgan fingerprint density at radius 2 is 2.05 bits per heavy atom. The first-order chi connectivity index (χ1) is 9.03. The summed E-state index contributed by atoms with van der Waals surface area (Å²) in [5.41, 5.74) is 0.660. The topological polar surface area (TPSA) is 33.0 Å². The van der Waals surface area contributed by atoms with Crippen LogP contribution in [0.2, 0.25) is 0 Å². The predicted molar refractivity (Wildman–Crippen MR) is 72.2 cm³/mol. The number of hydrogen-bond acceptors (Lipinski definition) is 2. The first-order valence-electron chi connectivity index (χ1n) is 6.81. The molecule has 2 rings (SSSR count). The minimum absolute atomic E-state index is 0.191. The number of nitriles is 1. The van der Waals surface area contributed by atoms with Gasteiger partial charge in [-0.3, -0.25) is 0 Å². The van der Waals surface area contributed by atoms with Crippen LogP contribution in [0.3, 0.4) is 0 Å². The molecule has 1 saturated heterocycles. The van der Waals surface area contributed by atoms with Crippen molar-refractivity contribution in [3.63, 3.8) is 0 Å². The normalized spacial score (nSPS) is 30.8. The van der Waals surface area contributed by atoms with Gasteiger partial charge in [-0.25, -0.2) is 4.39 Å². The maximum atomic E-state index is 13.1. The van der Waals surface area contributed by atoms with Crippen molar-refractivity contribution in [2.75, 3.05) is 6.61 Å². The molecule has 1 aromatic carbocycles. The molecule has 2 atom stereocenters. The van der Waals surface area contributed by atoms with Crippen LogP contribution in [0.4, 0.5) is 4.39 Å². The standard InChI is InChI=1S/C16H20FNO/c1-3-15(2)12-16(8-10-18,9-11-19-15)13-4-6-14(17)7-5-13/h4-7H,3,8-9,11-12H2,1-2H3/t15-,16-/m0/s1. The second-order valence-electron chi connectivity index (χ2n) is 5.70. The Morgan fingerprint density at radius 1 is 1.37 bits per heavy atom. The van der Waals surface area contributed by atoms with E-state index in [9.17, 15) is 9.65 Å². The second-order valence-corrected chi connectivity index (χ2v) is 5.70. The van der Waals surface area contributed by atoms with Gasteiger partial charge in [0.2, 0.25) is 0 Å². The summed E-state index contributed by atoms with van der Waals surface area (Å²) in [7, 11) is 0. The highest BCUT2D eigenvalue weighted by atomic mass is 19.1. The Hall–Kier alpha value is -1.40. The van der Waals surface area contributed by atoms with Crippen LogP contribution in [0.1, 0.15) is 45.1 Å². The maximum Gasteiger partial charge on any atom is 0.123 e. The summed E-state index contributed by atoms with van der Waals surface area (Å²) in [5.74, 6) is -0.235. The highest BCUT2D eigenvalue weighted by molar-refractivity contribution is 5.29. The molecule has 1 aliphatic rings. The number of halogens is 1. The molecule has 0 radical (unpaired) electrons. The molecule has 0 saturated carbocycles. The molecule has 1 aliphatic heterocycles. The molecule has 0 spiro atoms. The van der Waals surface area contributed by atoms with E-state index < -0.39 is 0 Å². The van der Waals surface area contributed by atoms with E-state index in [-0.39, 0.29) is 16.8 Å². The van der Waals surface area contributed by atoms with Crippen molar-refractivity contribution in [3.05, 3.63) is 35.6 Å². The van der Waals surface area contributed by atoms with Crippen LogP contribution in [-0.4, -0.2) is 12.2 Å². The van der Waals surface area contributed by atoms with Crippen molar-refractivity contribution in [3.8, 4) is 6.07 Å². The number of hydrogen-bond donors (Lipinski definition) is 0. The Kier molecular flexibility index (Phi) is 3.91. The van der Waals surface area contributed by atoms with Crippen LogP contribution >= 0.6 is 0 Å². The lowest BCUT2D eigenvalue weighted by Crippen LogP contribution is -2.45. The third-order valence-corrected chi connectivity index (χ3v) is 4.37. The molecule has 0 bridgehead atoms. The molecule has 0 unspecified atom stereocenters. The molecule has 0 N–H and O–H groups in total. The van der Waals surface area contributed by atoms with Crippen LogP contribution in [0.15, 0.2) is 24.3 Å². The first-order valence-corrected chi connectivity index (χ1v) is 6.81. The van der Waals surface area contributed by atoms with Gasteiger partial charge in [0.05, 0.1) is 11.7 Å². The third-order valence-electron chi connectivity index (χ3n) is 4.37. The zero-order valence-corrected chi connectivity index (χ0v) is 11.6. The number of ether oxygens (including phenoxy) is 1. The van der Waals surface area contributed by atoms with Gasteiger partial charge in [0, 0.05) is 18.4 Å². The summed E-state index contributed by atoms with van der Waals surface area (Å²) in [4.78, 5) is 0. The summed E-state index contributed by atoms with van der Waals surface area (Å²) < 4.78 is 19.0. The van der Waals surface area contributed by atoms with Crippen molar-refractivity contribution >= 4 is 0 Å². The zero-order valence-electron chi connectivity index (χ0n) is 11.6. The quantitative estimate of drug-likeness (QED) is 0.825. The van der Waals surface area contributed by atoms with Gasteiger partial charge in [-0.1, -0.05) is 19.1 Å². The second kappa shape index (κ2) is 5.30. The van der Waals surface area contributed by atoms with E-state index in [1.165, 1.54) is 12.1 Å². The summed E-state index contributed by atoms with van der Waals surface area (Å²) >= 11 is 0. The van der Waals surface area contributed by atoms with Crippen molar-refractivity contribution in [1.29, 1.82) is 5.26 Å². The van der Waals surface area contributed by atoms with Gasteiger partial charge in [0.15, 0.2) is 0 Å². The smallest absolute Gasteiger partial charge is 0.123 e. The molecule has 2 nitrogen and oxygen atoms in total. The summed E-state index contributed by atoms with van der Waals surface area (Å²) in [6.45, 7) is 4.86. The van der Waals surface area contributed by atoms with Gasteiger partial charge in [0.1, 0.15) is 5.82 Å². The Morgan fingerprint density at radius 3 is 2.63 bits per heavy atom. The van der Waals surface area contributed by atoms with E-state index in [0.717, 1.165) is 24.8 Å². The molecule has 19 heavy (non-hydrogen) atoms. The van der Waals surface area contributed by atoms with E-state index >= 15 is 0 Å². The van der Waals surface area contributed by atoms with Crippen molar-refractivity contribution in [2.45, 2.75) is 50.5 Å². The van der Waals surface area contributed by atoms with Gasteiger partial charge in [-0.05, 0) is 43.9 Å². The Balaban J connectivity index is 2.37. The molecule has 1 fully saturated rings. The lowest BCUT2D eigenvalue weighted by atomic mass is 9.67. The first kappa shape index (κ1) is 14.0. The monoisotopic (exact) mass is 261 g/mol. The van der Waals surface area contributed by atoms with Crippen LogP contribution in [0.5, 0.6) is 0 Å². The zero-order chi connectivity index (χ0) is 13.9. The highest BCUT2D eigenvalue weighted by Gasteiger charge is 2.43. The molecule has 0 amide bonds. The van der Waals surface area contributed by atoms with E-state index in [4.69, 9.17) is 4.74 Å². The van der Waals surface area contributed by atoms with Gasteiger partial charge in [-0.2, -0.15) is 5.26 Å².